The molecular formula is C13H10ClFN2O. The van der Waals surface area contributed by atoms with E-state index < -0.39 is 5.95 Å². The highest BCUT2D eigenvalue weighted by molar-refractivity contribution is 6.30. The quantitative estimate of drug-likeness (QED) is 0.866. The number of carbonyl (C=O) groups excluding carboxylic acids is 1. The molecular weight excluding hydrogens is 255 g/mol. The monoisotopic (exact) mass is 264 g/mol. The molecule has 0 atom stereocenters. The summed E-state index contributed by atoms with van der Waals surface area (Å²) in [5, 5.41) is 3.32. The molecule has 2 aromatic rings. The first-order chi connectivity index (χ1) is 8.65. The maximum atomic E-state index is 12.6. The Morgan fingerprint density at radius 3 is 2.83 bits per heavy atom. The number of amides is 1. The third-order valence-electron chi connectivity index (χ3n) is 2.33. The SMILES string of the molecule is O=C(NCc1cccc(Cl)c1)c1ccc(F)nc1. The maximum Gasteiger partial charge on any atom is 0.253 e. The molecule has 0 unspecified atom stereocenters. The molecule has 0 saturated carbocycles. The van der Waals surface area contributed by atoms with Gasteiger partial charge in [0.1, 0.15) is 0 Å². The predicted octanol–water partition coefficient (Wildman–Crippen LogP) is 2.80. The van der Waals surface area contributed by atoms with Crippen molar-refractivity contribution in [1.82, 2.24) is 10.3 Å². The van der Waals surface area contributed by atoms with Crippen LogP contribution in [0.4, 0.5) is 4.39 Å². The van der Waals surface area contributed by atoms with E-state index in [9.17, 15) is 9.18 Å². The van der Waals surface area contributed by atoms with Gasteiger partial charge in [-0.05, 0) is 29.8 Å². The zero-order valence-corrected chi connectivity index (χ0v) is 10.1. The van der Waals surface area contributed by atoms with Crippen molar-refractivity contribution in [2.45, 2.75) is 6.54 Å². The van der Waals surface area contributed by atoms with Crippen LogP contribution < -0.4 is 5.32 Å². The number of nitrogens with one attached hydrogen (secondary N) is 1. The molecule has 0 saturated heterocycles. The number of rotatable bonds is 3. The number of halogens is 2. The number of benzene rings is 1. The largest absolute Gasteiger partial charge is 0.348 e. The topological polar surface area (TPSA) is 42.0 Å². The van der Waals surface area contributed by atoms with Crippen LogP contribution >= 0.6 is 11.6 Å². The van der Waals surface area contributed by atoms with Gasteiger partial charge in [-0.3, -0.25) is 4.79 Å². The van der Waals surface area contributed by atoms with Crippen LogP contribution in [-0.4, -0.2) is 10.9 Å². The highest BCUT2D eigenvalue weighted by Crippen LogP contribution is 2.10. The van der Waals surface area contributed by atoms with Gasteiger partial charge in [0.05, 0.1) is 5.56 Å². The van der Waals surface area contributed by atoms with Crippen molar-refractivity contribution in [1.29, 1.82) is 0 Å². The Bertz CT molecular complexity index is 557. The number of carbonyl (C=O) groups is 1. The Labute approximate surface area is 109 Å². The fourth-order valence-electron chi connectivity index (χ4n) is 1.44. The zero-order chi connectivity index (χ0) is 13.0. The van der Waals surface area contributed by atoms with Gasteiger partial charge < -0.3 is 5.32 Å². The molecule has 0 aliphatic carbocycles. The Morgan fingerprint density at radius 2 is 2.17 bits per heavy atom. The van der Waals surface area contributed by atoms with E-state index in [2.05, 4.69) is 10.3 Å². The third kappa shape index (κ3) is 3.28. The molecule has 0 bridgehead atoms. The standard InChI is InChI=1S/C13H10ClFN2O/c14-11-3-1-2-9(6-11)7-17-13(18)10-4-5-12(15)16-8-10/h1-6,8H,7H2,(H,17,18). The van der Waals surface area contributed by atoms with Crippen LogP contribution in [0.3, 0.4) is 0 Å². The number of nitrogens with zero attached hydrogens (tertiary/aromatic N) is 1. The molecule has 1 aromatic heterocycles. The van der Waals surface area contributed by atoms with Crippen LogP contribution in [0.1, 0.15) is 15.9 Å². The molecule has 18 heavy (non-hydrogen) atoms. The molecule has 92 valence electrons. The van der Waals surface area contributed by atoms with Crippen LogP contribution in [-0.2, 0) is 6.54 Å². The number of pyridine rings is 1. The summed E-state index contributed by atoms with van der Waals surface area (Å²) in [6.45, 7) is 0.358. The van der Waals surface area contributed by atoms with Crippen LogP contribution in [0.15, 0.2) is 42.6 Å². The molecule has 1 aromatic carbocycles. The number of hydrogen-bond donors (Lipinski definition) is 1. The molecule has 0 aliphatic rings. The lowest BCUT2D eigenvalue weighted by molar-refractivity contribution is 0.0950. The van der Waals surface area contributed by atoms with E-state index in [1.807, 2.05) is 12.1 Å². The highest BCUT2D eigenvalue weighted by Gasteiger charge is 2.05. The normalized spacial score (nSPS) is 10.1. The van der Waals surface area contributed by atoms with Gasteiger partial charge in [0, 0.05) is 17.8 Å². The lowest BCUT2D eigenvalue weighted by Gasteiger charge is -2.05. The molecule has 1 N–H and O–H groups in total. The lowest BCUT2D eigenvalue weighted by Crippen LogP contribution is -2.22. The summed E-state index contributed by atoms with van der Waals surface area (Å²) in [5.74, 6) is -0.913. The van der Waals surface area contributed by atoms with Gasteiger partial charge in [0.2, 0.25) is 5.95 Å². The van der Waals surface area contributed by atoms with E-state index in [0.717, 1.165) is 11.6 Å². The van der Waals surface area contributed by atoms with Crippen molar-refractivity contribution >= 4 is 17.5 Å². The van der Waals surface area contributed by atoms with E-state index in [-0.39, 0.29) is 5.91 Å². The maximum absolute atomic E-state index is 12.6. The molecule has 3 nitrogen and oxygen atoms in total. The second-order valence-electron chi connectivity index (χ2n) is 3.68. The van der Waals surface area contributed by atoms with E-state index in [1.54, 1.807) is 12.1 Å². The van der Waals surface area contributed by atoms with Crippen LogP contribution in [0.25, 0.3) is 0 Å². The highest BCUT2D eigenvalue weighted by atomic mass is 35.5. The summed E-state index contributed by atoms with van der Waals surface area (Å²) in [5.41, 5.74) is 1.21. The van der Waals surface area contributed by atoms with E-state index in [4.69, 9.17) is 11.6 Å². The van der Waals surface area contributed by atoms with Crippen molar-refractivity contribution in [2.75, 3.05) is 0 Å². The van der Waals surface area contributed by atoms with Crippen LogP contribution in [0.2, 0.25) is 5.02 Å². The Kier molecular flexibility index (Phi) is 3.89. The lowest BCUT2D eigenvalue weighted by atomic mass is 10.2. The molecule has 0 spiro atoms. The van der Waals surface area contributed by atoms with Gasteiger partial charge in [-0.2, -0.15) is 4.39 Å². The minimum Gasteiger partial charge on any atom is -0.348 e. The molecule has 1 heterocycles. The molecule has 5 heteroatoms. The summed E-state index contributed by atoms with van der Waals surface area (Å²) in [6, 6.07) is 9.73. The van der Waals surface area contributed by atoms with Gasteiger partial charge >= 0.3 is 0 Å². The van der Waals surface area contributed by atoms with Gasteiger partial charge in [0.15, 0.2) is 0 Å². The minimum absolute atomic E-state index is 0.303. The predicted molar refractivity (Wildman–Crippen MR) is 66.8 cm³/mol. The van der Waals surface area contributed by atoms with Crippen LogP contribution in [0, 0.1) is 5.95 Å². The summed E-state index contributed by atoms with van der Waals surface area (Å²) >= 11 is 5.83. The summed E-state index contributed by atoms with van der Waals surface area (Å²) in [6.07, 6.45) is 1.20. The molecule has 0 radical (unpaired) electrons. The fraction of sp³-hybridized carbons (Fsp3) is 0.0769. The number of aromatic nitrogens is 1. The zero-order valence-electron chi connectivity index (χ0n) is 9.36. The van der Waals surface area contributed by atoms with Crippen LogP contribution in [0.5, 0.6) is 0 Å². The van der Waals surface area contributed by atoms with E-state index in [0.29, 0.717) is 17.1 Å². The van der Waals surface area contributed by atoms with Gasteiger partial charge in [-0.15, -0.1) is 0 Å². The van der Waals surface area contributed by atoms with Gasteiger partial charge in [0.25, 0.3) is 5.91 Å². The van der Waals surface area contributed by atoms with E-state index in [1.165, 1.54) is 12.3 Å². The third-order valence-corrected chi connectivity index (χ3v) is 2.57. The molecule has 2 rings (SSSR count). The molecule has 0 aliphatic heterocycles. The average Bonchev–Trinajstić information content (AvgIpc) is 2.37. The van der Waals surface area contributed by atoms with Crippen molar-refractivity contribution < 1.29 is 9.18 Å². The van der Waals surface area contributed by atoms with Gasteiger partial charge in [-0.1, -0.05) is 23.7 Å². The first-order valence-electron chi connectivity index (χ1n) is 5.29. The summed E-state index contributed by atoms with van der Waals surface area (Å²) < 4.78 is 12.6. The summed E-state index contributed by atoms with van der Waals surface area (Å²) in [4.78, 5) is 15.1. The Hall–Kier alpha value is -1.94. The minimum atomic E-state index is -0.610. The van der Waals surface area contributed by atoms with Crippen molar-refractivity contribution in [3.63, 3.8) is 0 Å². The first kappa shape index (κ1) is 12.5. The average molecular weight is 265 g/mol. The Morgan fingerprint density at radius 1 is 1.33 bits per heavy atom. The van der Waals surface area contributed by atoms with Crippen molar-refractivity contribution in [3.8, 4) is 0 Å². The first-order valence-corrected chi connectivity index (χ1v) is 5.67. The van der Waals surface area contributed by atoms with Gasteiger partial charge in [-0.25, -0.2) is 4.98 Å². The second kappa shape index (κ2) is 5.60. The fourth-order valence-corrected chi connectivity index (χ4v) is 1.65. The summed E-state index contributed by atoms with van der Waals surface area (Å²) in [7, 11) is 0. The second-order valence-corrected chi connectivity index (χ2v) is 4.12. The molecule has 0 fully saturated rings. The van der Waals surface area contributed by atoms with Crippen molar-refractivity contribution in [2.24, 2.45) is 0 Å². The molecule has 1 amide bonds. The smallest absolute Gasteiger partial charge is 0.253 e. The Balaban J connectivity index is 1.98. The number of hydrogen-bond acceptors (Lipinski definition) is 2. The van der Waals surface area contributed by atoms with Crippen molar-refractivity contribution in [3.05, 3.63) is 64.7 Å². The van der Waals surface area contributed by atoms with E-state index >= 15 is 0 Å².